The second-order valence-corrected chi connectivity index (χ2v) is 7.12. The monoisotopic (exact) mass is 371 g/mol. The van der Waals surface area contributed by atoms with E-state index in [0.717, 1.165) is 12.1 Å². The van der Waals surface area contributed by atoms with Crippen LogP contribution in [0.15, 0.2) is 29.1 Å². The standard InChI is InChI=1S/C16H16F3N3O2S/c1-8(2)22-14-12(15(24)21-22)13(25-7-11(23)20-14)9-3-5-10(6-4-9)16(17,18)19/h3-6,8,13H,7H2,1-2H3,(H,20,23)(H,21,24). The number of nitrogens with zero attached hydrogens (tertiary/aromatic N) is 1. The van der Waals surface area contributed by atoms with E-state index in [0.29, 0.717) is 16.9 Å². The number of H-pyrrole nitrogens is 1. The molecule has 1 aliphatic rings. The fourth-order valence-corrected chi connectivity index (χ4v) is 3.87. The largest absolute Gasteiger partial charge is 0.416 e. The number of benzene rings is 1. The first-order valence-electron chi connectivity index (χ1n) is 7.61. The molecule has 0 radical (unpaired) electrons. The van der Waals surface area contributed by atoms with Crippen molar-refractivity contribution in [3.63, 3.8) is 0 Å². The van der Waals surface area contributed by atoms with Crippen molar-refractivity contribution in [2.75, 3.05) is 11.1 Å². The Kier molecular flexibility index (Phi) is 4.44. The number of carbonyl (C=O) groups is 1. The number of alkyl halides is 3. The van der Waals surface area contributed by atoms with Crippen molar-refractivity contribution in [2.45, 2.75) is 31.3 Å². The minimum atomic E-state index is -4.42. The topological polar surface area (TPSA) is 66.9 Å². The molecule has 3 rings (SSSR count). The Labute approximate surface area is 145 Å². The van der Waals surface area contributed by atoms with Crippen molar-refractivity contribution < 1.29 is 18.0 Å². The third-order valence-corrected chi connectivity index (χ3v) is 5.19. The maximum atomic E-state index is 12.8. The highest BCUT2D eigenvalue weighted by Gasteiger charge is 2.33. The number of fused-ring (bicyclic) bond motifs is 1. The minimum Gasteiger partial charge on any atom is -0.310 e. The Morgan fingerprint density at radius 3 is 2.40 bits per heavy atom. The van der Waals surface area contributed by atoms with Gasteiger partial charge in [-0.05, 0) is 31.5 Å². The van der Waals surface area contributed by atoms with Crippen LogP contribution in [0.3, 0.4) is 0 Å². The normalized spacial score (nSPS) is 18.0. The number of aromatic amines is 1. The van der Waals surface area contributed by atoms with E-state index in [-0.39, 0.29) is 23.3 Å². The minimum absolute atomic E-state index is 0.0897. The number of hydrogen-bond acceptors (Lipinski definition) is 3. The van der Waals surface area contributed by atoms with Crippen LogP contribution in [0.4, 0.5) is 19.0 Å². The molecule has 134 valence electrons. The summed E-state index contributed by atoms with van der Waals surface area (Å²) < 4.78 is 39.8. The molecule has 0 bridgehead atoms. The lowest BCUT2D eigenvalue weighted by atomic mass is 10.0. The van der Waals surface area contributed by atoms with Crippen LogP contribution in [0.1, 0.15) is 41.8 Å². The van der Waals surface area contributed by atoms with Gasteiger partial charge in [0, 0.05) is 6.04 Å². The lowest BCUT2D eigenvalue weighted by Crippen LogP contribution is -2.17. The molecule has 2 heterocycles. The van der Waals surface area contributed by atoms with Crippen molar-refractivity contribution >= 4 is 23.5 Å². The van der Waals surface area contributed by atoms with Gasteiger partial charge in [-0.2, -0.15) is 13.2 Å². The number of hydrogen-bond donors (Lipinski definition) is 2. The smallest absolute Gasteiger partial charge is 0.310 e. The molecule has 2 N–H and O–H groups in total. The van der Waals surface area contributed by atoms with Gasteiger partial charge < -0.3 is 5.32 Å². The van der Waals surface area contributed by atoms with Gasteiger partial charge >= 0.3 is 6.18 Å². The average molecular weight is 371 g/mol. The molecule has 0 saturated carbocycles. The molecule has 1 unspecified atom stereocenters. The Morgan fingerprint density at radius 2 is 1.84 bits per heavy atom. The molecule has 9 heteroatoms. The van der Waals surface area contributed by atoms with Gasteiger partial charge in [0.2, 0.25) is 5.91 Å². The summed E-state index contributed by atoms with van der Waals surface area (Å²) in [6.45, 7) is 3.71. The summed E-state index contributed by atoms with van der Waals surface area (Å²) in [5.74, 6) is 0.228. The van der Waals surface area contributed by atoms with Crippen molar-refractivity contribution in [1.29, 1.82) is 0 Å². The number of anilines is 1. The highest BCUT2D eigenvalue weighted by atomic mass is 32.2. The fraction of sp³-hybridized carbons (Fsp3) is 0.375. The van der Waals surface area contributed by atoms with Crippen LogP contribution in [0.2, 0.25) is 0 Å². The number of halogens is 3. The number of thioether (sulfide) groups is 1. The molecule has 0 fully saturated rings. The molecule has 0 spiro atoms. The molecule has 0 aliphatic carbocycles. The van der Waals surface area contributed by atoms with E-state index < -0.39 is 17.0 Å². The number of nitrogens with one attached hydrogen (secondary N) is 2. The summed E-state index contributed by atoms with van der Waals surface area (Å²) in [5, 5.41) is 4.88. The van der Waals surface area contributed by atoms with Gasteiger partial charge in [0.25, 0.3) is 5.56 Å². The summed E-state index contributed by atoms with van der Waals surface area (Å²) in [6, 6.07) is 4.60. The van der Waals surface area contributed by atoms with Crippen LogP contribution in [-0.4, -0.2) is 21.4 Å². The number of amides is 1. The SMILES string of the molecule is CC(C)n1[nH]c(=O)c2c1NC(=O)CSC2c1ccc(C(F)(F)F)cc1. The number of aromatic nitrogens is 2. The Bertz CT molecular complexity index is 853. The first kappa shape index (κ1) is 17.7. The highest BCUT2D eigenvalue weighted by molar-refractivity contribution is 8.00. The lowest BCUT2D eigenvalue weighted by molar-refractivity contribution is -0.137. The molecule has 1 aromatic carbocycles. The third-order valence-electron chi connectivity index (χ3n) is 3.92. The van der Waals surface area contributed by atoms with Gasteiger partial charge in [-0.1, -0.05) is 12.1 Å². The van der Waals surface area contributed by atoms with Crippen LogP contribution >= 0.6 is 11.8 Å². The molecule has 5 nitrogen and oxygen atoms in total. The molecule has 25 heavy (non-hydrogen) atoms. The van der Waals surface area contributed by atoms with Gasteiger partial charge in [-0.25, -0.2) is 0 Å². The molecule has 1 atom stereocenters. The van der Waals surface area contributed by atoms with E-state index in [1.165, 1.54) is 23.9 Å². The molecule has 1 amide bonds. The highest BCUT2D eigenvalue weighted by Crippen LogP contribution is 2.41. The van der Waals surface area contributed by atoms with Gasteiger partial charge in [0.05, 0.1) is 22.1 Å². The maximum Gasteiger partial charge on any atom is 0.416 e. The van der Waals surface area contributed by atoms with Crippen LogP contribution in [0, 0.1) is 0 Å². The fourth-order valence-electron chi connectivity index (χ4n) is 2.74. The summed E-state index contributed by atoms with van der Waals surface area (Å²) in [4.78, 5) is 24.4. The third kappa shape index (κ3) is 3.33. The van der Waals surface area contributed by atoms with E-state index in [1.807, 2.05) is 13.8 Å². The van der Waals surface area contributed by atoms with Gasteiger partial charge in [0.15, 0.2) is 0 Å². The molecular formula is C16H16F3N3O2S. The maximum absolute atomic E-state index is 12.8. The van der Waals surface area contributed by atoms with Gasteiger partial charge in [-0.3, -0.25) is 19.4 Å². The predicted octanol–water partition coefficient (Wildman–Crippen LogP) is 3.55. The predicted molar refractivity (Wildman–Crippen MR) is 89.8 cm³/mol. The number of rotatable bonds is 2. The van der Waals surface area contributed by atoms with Gasteiger partial charge in [0.1, 0.15) is 5.82 Å². The Hall–Kier alpha value is -2.16. The van der Waals surface area contributed by atoms with Crippen LogP contribution in [0.5, 0.6) is 0 Å². The van der Waals surface area contributed by atoms with E-state index in [9.17, 15) is 22.8 Å². The van der Waals surface area contributed by atoms with Crippen LogP contribution in [0.25, 0.3) is 0 Å². The zero-order valence-corrected chi connectivity index (χ0v) is 14.3. The van der Waals surface area contributed by atoms with Crippen molar-refractivity contribution in [1.82, 2.24) is 9.78 Å². The molecule has 0 saturated heterocycles. The first-order chi connectivity index (χ1) is 11.7. The second-order valence-electron chi connectivity index (χ2n) is 6.03. The van der Waals surface area contributed by atoms with E-state index in [2.05, 4.69) is 10.4 Å². The molecular weight excluding hydrogens is 355 g/mol. The summed E-state index contributed by atoms with van der Waals surface area (Å²) >= 11 is 1.21. The summed E-state index contributed by atoms with van der Waals surface area (Å²) in [5.41, 5.74) is -0.215. The lowest BCUT2D eigenvalue weighted by Gasteiger charge is -2.16. The number of carbonyl (C=O) groups excluding carboxylic acids is 1. The van der Waals surface area contributed by atoms with E-state index in [1.54, 1.807) is 4.68 Å². The van der Waals surface area contributed by atoms with Crippen molar-refractivity contribution in [2.24, 2.45) is 0 Å². The van der Waals surface area contributed by atoms with E-state index in [4.69, 9.17) is 0 Å². The zero-order chi connectivity index (χ0) is 18.4. The van der Waals surface area contributed by atoms with Crippen LogP contribution < -0.4 is 10.9 Å². The average Bonchev–Trinajstić information content (AvgIpc) is 2.74. The summed E-state index contributed by atoms with van der Waals surface area (Å²) in [6.07, 6.45) is -4.42. The molecule has 2 aromatic rings. The summed E-state index contributed by atoms with van der Waals surface area (Å²) in [7, 11) is 0. The van der Waals surface area contributed by atoms with Crippen LogP contribution in [-0.2, 0) is 11.0 Å². The Balaban J connectivity index is 2.09. The molecule has 1 aromatic heterocycles. The van der Waals surface area contributed by atoms with Gasteiger partial charge in [-0.15, -0.1) is 11.8 Å². The van der Waals surface area contributed by atoms with E-state index >= 15 is 0 Å². The zero-order valence-electron chi connectivity index (χ0n) is 13.5. The quantitative estimate of drug-likeness (QED) is 0.848. The van der Waals surface area contributed by atoms with Crippen molar-refractivity contribution in [3.05, 3.63) is 51.3 Å². The van der Waals surface area contributed by atoms with Crippen molar-refractivity contribution in [3.8, 4) is 0 Å². The first-order valence-corrected chi connectivity index (χ1v) is 8.66. The second kappa shape index (κ2) is 6.29. The Morgan fingerprint density at radius 1 is 1.20 bits per heavy atom. The molecule has 1 aliphatic heterocycles.